The number of carbonyl (C=O) groups excluding carboxylic acids is 2. The van der Waals surface area contributed by atoms with Gasteiger partial charge in [-0.2, -0.15) is 0 Å². The largest absolute Gasteiger partial charge is 0.352 e. The summed E-state index contributed by atoms with van der Waals surface area (Å²) in [5.41, 5.74) is 2.10. The van der Waals surface area contributed by atoms with E-state index >= 15 is 0 Å². The Morgan fingerprint density at radius 2 is 2.00 bits per heavy atom. The average molecular weight is 242 g/mol. The molecule has 17 heavy (non-hydrogen) atoms. The predicted molar refractivity (Wildman–Crippen MR) is 64.8 cm³/mol. The molecule has 0 unspecified atom stereocenters. The van der Waals surface area contributed by atoms with E-state index in [1.54, 1.807) is 0 Å². The summed E-state index contributed by atoms with van der Waals surface area (Å²) in [4.78, 5) is 24.3. The predicted octanol–water partition coefficient (Wildman–Crippen LogP) is -0.643. The van der Waals surface area contributed by atoms with Crippen molar-refractivity contribution < 1.29 is 9.59 Å². The van der Waals surface area contributed by atoms with Crippen LogP contribution >= 0.6 is 0 Å². The molecule has 0 atom stereocenters. The summed E-state index contributed by atoms with van der Waals surface area (Å²) >= 11 is 0. The van der Waals surface area contributed by atoms with Crippen molar-refractivity contribution in [2.24, 2.45) is 5.84 Å². The first-order chi connectivity index (χ1) is 8.11. The van der Waals surface area contributed by atoms with Crippen molar-refractivity contribution >= 4 is 11.8 Å². The second-order valence-electron chi connectivity index (χ2n) is 4.60. The van der Waals surface area contributed by atoms with Gasteiger partial charge in [0.15, 0.2) is 0 Å². The van der Waals surface area contributed by atoms with Crippen LogP contribution in [0.4, 0.5) is 0 Å². The Balaban J connectivity index is 1.97. The van der Waals surface area contributed by atoms with Crippen molar-refractivity contribution in [3.8, 4) is 0 Å². The molecule has 1 fully saturated rings. The lowest BCUT2D eigenvalue weighted by Gasteiger charge is -2.15. The quantitative estimate of drug-likeness (QED) is 0.229. The number of amides is 2. The van der Waals surface area contributed by atoms with Gasteiger partial charge in [0.25, 0.3) is 0 Å². The summed E-state index contributed by atoms with van der Waals surface area (Å²) in [6.45, 7) is 1.25. The third-order valence-corrected chi connectivity index (χ3v) is 2.71. The number of nitrogens with two attached hydrogens (primary N) is 1. The van der Waals surface area contributed by atoms with Gasteiger partial charge in [0.05, 0.1) is 6.54 Å². The molecule has 0 spiro atoms. The molecule has 0 radical (unpaired) electrons. The maximum absolute atomic E-state index is 11.5. The fourth-order valence-corrected chi connectivity index (χ4v) is 1.56. The Morgan fingerprint density at radius 1 is 1.29 bits per heavy atom. The van der Waals surface area contributed by atoms with Crippen molar-refractivity contribution in [3.63, 3.8) is 0 Å². The molecule has 0 bridgehead atoms. The molecule has 2 amide bonds. The fourth-order valence-electron chi connectivity index (χ4n) is 1.56. The highest BCUT2D eigenvalue weighted by Gasteiger charge is 2.23. The van der Waals surface area contributed by atoms with E-state index < -0.39 is 0 Å². The molecule has 1 aliphatic carbocycles. The minimum absolute atomic E-state index is 0.0923. The van der Waals surface area contributed by atoms with E-state index in [1.807, 2.05) is 11.9 Å². The lowest BCUT2D eigenvalue weighted by atomic mass is 10.2. The van der Waals surface area contributed by atoms with Gasteiger partial charge < -0.3 is 5.32 Å². The molecule has 1 saturated carbocycles. The molecule has 0 aromatic heterocycles. The molecule has 1 aliphatic rings. The number of likely N-dealkylation sites (N-methyl/N-ethyl adjacent to an activating group) is 1. The van der Waals surface area contributed by atoms with Gasteiger partial charge in [0.1, 0.15) is 0 Å². The molecule has 98 valence electrons. The fraction of sp³-hybridized carbons (Fsp3) is 0.818. The van der Waals surface area contributed by atoms with Gasteiger partial charge in [-0.3, -0.25) is 19.9 Å². The molecule has 6 nitrogen and oxygen atoms in total. The highest BCUT2D eigenvalue weighted by Crippen LogP contribution is 2.18. The summed E-state index contributed by atoms with van der Waals surface area (Å²) in [6.07, 6.45) is 4.35. The molecule has 1 rings (SSSR count). The molecule has 0 heterocycles. The van der Waals surface area contributed by atoms with Crippen LogP contribution < -0.4 is 16.6 Å². The van der Waals surface area contributed by atoms with Crippen molar-refractivity contribution in [1.29, 1.82) is 0 Å². The van der Waals surface area contributed by atoms with Crippen LogP contribution in [0.3, 0.4) is 0 Å². The van der Waals surface area contributed by atoms with E-state index in [-0.39, 0.29) is 11.8 Å². The minimum Gasteiger partial charge on any atom is -0.352 e. The number of hydrogen-bond acceptors (Lipinski definition) is 4. The first-order valence-electron chi connectivity index (χ1n) is 6.09. The van der Waals surface area contributed by atoms with Crippen LogP contribution in [0.25, 0.3) is 0 Å². The lowest BCUT2D eigenvalue weighted by molar-refractivity contribution is -0.122. The molecular formula is C11H22N4O2. The zero-order valence-electron chi connectivity index (χ0n) is 10.4. The number of unbranched alkanes of at least 4 members (excludes halogenated alkanes) is 1. The Morgan fingerprint density at radius 3 is 2.59 bits per heavy atom. The highest BCUT2D eigenvalue weighted by molar-refractivity contribution is 5.78. The van der Waals surface area contributed by atoms with Crippen LogP contribution in [0.5, 0.6) is 0 Å². The highest BCUT2D eigenvalue weighted by atomic mass is 16.2. The van der Waals surface area contributed by atoms with Gasteiger partial charge in [-0.1, -0.05) is 0 Å². The maximum Gasteiger partial charge on any atom is 0.234 e. The number of hydrazine groups is 1. The Bertz CT molecular complexity index is 266. The van der Waals surface area contributed by atoms with Crippen molar-refractivity contribution in [2.45, 2.75) is 38.1 Å². The number of carbonyl (C=O) groups is 2. The first-order valence-corrected chi connectivity index (χ1v) is 6.09. The van der Waals surface area contributed by atoms with E-state index in [4.69, 9.17) is 5.84 Å². The Hall–Kier alpha value is -1.14. The summed E-state index contributed by atoms with van der Waals surface area (Å²) in [7, 11) is 1.91. The molecule has 4 N–H and O–H groups in total. The topological polar surface area (TPSA) is 87.5 Å². The van der Waals surface area contributed by atoms with Crippen molar-refractivity contribution in [1.82, 2.24) is 15.6 Å². The Labute approximate surface area is 102 Å². The van der Waals surface area contributed by atoms with E-state index in [0.717, 1.165) is 32.2 Å². The molecular weight excluding hydrogens is 220 g/mol. The third kappa shape index (κ3) is 6.91. The zero-order chi connectivity index (χ0) is 12.7. The van der Waals surface area contributed by atoms with Gasteiger partial charge in [0, 0.05) is 12.5 Å². The molecule has 0 aromatic rings. The van der Waals surface area contributed by atoms with Gasteiger partial charge in [-0.15, -0.1) is 0 Å². The minimum atomic E-state index is -0.140. The number of nitrogens with zero attached hydrogens (tertiary/aromatic N) is 1. The van der Waals surface area contributed by atoms with Gasteiger partial charge in [0.2, 0.25) is 11.8 Å². The Kier molecular flexibility index (Phi) is 5.93. The van der Waals surface area contributed by atoms with E-state index in [0.29, 0.717) is 19.0 Å². The zero-order valence-corrected chi connectivity index (χ0v) is 10.4. The normalized spacial score (nSPS) is 14.8. The molecule has 0 aliphatic heterocycles. The van der Waals surface area contributed by atoms with Gasteiger partial charge >= 0.3 is 0 Å². The molecule has 6 heteroatoms. The van der Waals surface area contributed by atoms with Crippen LogP contribution in [-0.2, 0) is 9.59 Å². The summed E-state index contributed by atoms with van der Waals surface area (Å²) in [5, 5.41) is 2.94. The third-order valence-electron chi connectivity index (χ3n) is 2.71. The standard InChI is InChI=1S/C11H22N4O2/c1-15(7-3-2-4-10(16)14-12)8-11(17)13-9-5-6-9/h9H,2-8,12H2,1H3,(H,13,17)(H,14,16). The maximum atomic E-state index is 11.5. The van der Waals surface area contributed by atoms with Crippen LogP contribution in [0.1, 0.15) is 32.1 Å². The van der Waals surface area contributed by atoms with Crippen LogP contribution in [0.15, 0.2) is 0 Å². The van der Waals surface area contributed by atoms with Crippen LogP contribution in [0.2, 0.25) is 0 Å². The average Bonchev–Trinajstić information content (AvgIpc) is 3.07. The monoisotopic (exact) mass is 242 g/mol. The molecule has 0 saturated heterocycles. The smallest absolute Gasteiger partial charge is 0.234 e. The lowest BCUT2D eigenvalue weighted by Crippen LogP contribution is -2.36. The van der Waals surface area contributed by atoms with Gasteiger partial charge in [-0.05, 0) is 39.3 Å². The summed E-state index contributed by atoms with van der Waals surface area (Å²) in [5.74, 6) is 4.92. The van der Waals surface area contributed by atoms with E-state index in [1.165, 1.54) is 0 Å². The number of hydrogen-bond donors (Lipinski definition) is 3. The van der Waals surface area contributed by atoms with Gasteiger partial charge in [-0.25, -0.2) is 5.84 Å². The van der Waals surface area contributed by atoms with Crippen LogP contribution in [-0.4, -0.2) is 42.9 Å². The number of rotatable bonds is 8. The van der Waals surface area contributed by atoms with Crippen molar-refractivity contribution in [2.75, 3.05) is 20.1 Å². The van der Waals surface area contributed by atoms with E-state index in [2.05, 4.69) is 10.7 Å². The second-order valence-corrected chi connectivity index (χ2v) is 4.60. The SMILES string of the molecule is CN(CCCCC(=O)NN)CC(=O)NC1CC1. The summed E-state index contributed by atoms with van der Waals surface area (Å²) < 4.78 is 0. The first kappa shape index (κ1) is 13.9. The van der Waals surface area contributed by atoms with Crippen molar-refractivity contribution in [3.05, 3.63) is 0 Å². The van der Waals surface area contributed by atoms with Crippen LogP contribution in [0, 0.1) is 0 Å². The summed E-state index contributed by atoms with van der Waals surface area (Å²) in [6, 6.07) is 0.421. The van der Waals surface area contributed by atoms with E-state index in [9.17, 15) is 9.59 Å². The second kappa shape index (κ2) is 7.24. The molecule has 0 aromatic carbocycles. The number of nitrogens with one attached hydrogen (secondary N) is 2.